The first-order valence-electron chi connectivity index (χ1n) is 7.43. The maximum Gasteiger partial charge on any atom is 0.322 e. The Morgan fingerprint density at radius 1 is 1.30 bits per heavy atom. The van der Waals surface area contributed by atoms with Gasteiger partial charge in [0, 0.05) is 11.8 Å². The van der Waals surface area contributed by atoms with Gasteiger partial charge in [0.05, 0.1) is 0 Å². The minimum absolute atomic E-state index is 0.0317. The molecule has 0 radical (unpaired) electrons. The number of hydrogen-bond acceptors (Lipinski definition) is 6. The molecule has 1 rings (SSSR count). The number of aromatic nitrogens is 2. The maximum atomic E-state index is 12.5. The fourth-order valence-corrected chi connectivity index (χ4v) is 2.04. The number of amides is 1. The van der Waals surface area contributed by atoms with Crippen LogP contribution in [-0.2, 0) is 9.59 Å². The average molecular weight is 325 g/mol. The number of nitrogens with zero attached hydrogens (tertiary/aromatic N) is 2. The molecule has 8 nitrogen and oxygen atoms in total. The summed E-state index contributed by atoms with van der Waals surface area (Å²) in [5.74, 6) is -2.00. The van der Waals surface area contributed by atoms with E-state index in [1.54, 1.807) is 13.8 Å². The Kier molecular flexibility index (Phi) is 6.29. The molecule has 0 aliphatic rings. The quantitative estimate of drug-likeness (QED) is 0.583. The number of carbonyl (C=O) groups is 2. The molecule has 0 saturated heterocycles. The minimum atomic E-state index is -0.828. The molecule has 1 atom stereocenters. The Hall–Kier alpha value is -2.38. The Bertz CT molecular complexity index is 651. The highest BCUT2D eigenvalue weighted by molar-refractivity contribution is 5.94. The Morgan fingerprint density at radius 2 is 1.91 bits per heavy atom. The summed E-state index contributed by atoms with van der Waals surface area (Å²) in [6.45, 7) is 7.36. The van der Waals surface area contributed by atoms with Crippen LogP contribution in [0.4, 0.5) is 0 Å². The first-order valence-corrected chi connectivity index (χ1v) is 7.43. The maximum absolute atomic E-state index is 12.5. The molecule has 1 aromatic rings. The summed E-state index contributed by atoms with van der Waals surface area (Å²) in [6.07, 6.45) is 0.108. The lowest BCUT2D eigenvalue weighted by molar-refractivity contribution is -0.138. The molecule has 0 fully saturated rings. The van der Waals surface area contributed by atoms with Crippen molar-refractivity contribution in [2.75, 3.05) is 7.11 Å². The van der Waals surface area contributed by atoms with Crippen LogP contribution in [0.1, 0.15) is 63.8 Å². The second kappa shape index (κ2) is 7.75. The van der Waals surface area contributed by atoms with Crippen LogP contribution in [-0.4, -0.2) is 28.7 Å². The Morgan fingerprint density at radius 3 is 2.35 bits per heavy atom. The van der Waals surface area contributed by atoms with Gasteiger partial charge in [-0.2, -0.15) is 0 Å². The van der Waals surface area contributed by atoms with Crippen LogP contribution >= 0.6 is 0 Å². The van der Waals surface area contributed by atoms with Crippen molar-refractivity contribution in [2.45, 2.75) is 52.4 Å². The Labute approximate surface area is 134 Å². The third kappa shape index (κ3) is 4.30. The highest BCUT2D eigenvalue weighted by Crippen LogP contribution is 2.27. The molecule has 128 valence electrons. The van der Waals surface area contributed by atoms with Gasteiger partial charge in [0.25, 0.3) is 0 Å². The lowest BCUT2D eigenvalue weighted by atomic mass is 10.0. The second-order valence-corrected chi connectivity index (χ2v) is 5.55. The molecule has 23 heavy (non-hydrogen) atoms. The summed E-state index contributed by atoms with van der Waals surface area (Å²) in [5, 5.41) is 0. The second-order valence-electron chi connectivity index (χ2n) is 5.55. The van der Waals surface area contributed by atoms with Gasteiger partial charge in [-0.25, -0.2) is 4.98 Å². The zero-order chi connectivity index (χ0) is 17.7. The number of carbonyl (C=O) groups excluding carboxylic acids is 2. The van der Waals surface area contributed by atoms with Crippen molar-refractivity contribution >= 4 is 11.9 Å². The fraction of sp³-hybridized carbons (Fsp3) is 0.600. The molecule has 0 bridgehead atoms. The first-order chi connectivity index (χ1) is 10.7. The van der Waals surface area contributed by atoms with Crippen molar-refractivity contribution < 1.29 is 19.2 Å². The molecule has 0 aliphatic heterocycles. The summed E-state index contributed by atoms with van der Waals surface area (Å²) in [5.41, 5.74) is 5.15. The van der Waals surface area contributed by atoms with Crippen molar-refractivity contribution in [3.63, 3.8) is 0 Å². The van der Waals surface area contributed by atoms with E-state index in [-0.39, 0.29) is 23.4 Å². The van der Waals surface area contributed by atoms with Crippen LogP contribution in [0, 0.1) is 0 Å². The van der Waals surface area contributed by atoms with E-state index in [2.05, 4.69) is 4.98 Å². The van der Waals surface area contributed by atoms with Crippen LogP contribution in [0.25, 0.3) is 0 Å². The van der Waals surface area contributed by atoms with E-state index in [0.29, 0.717) is 12.1 Å². The number of nitrogens with two attached hydrogens (primary N) is 1. The summed E-state index contributed by atoms with van der Waals surface area (Å²) >= 11 is 0. The molecule has 0 saturated carbocycles. The molecule has 1 aromatic heterocycles. The monoisotopic (exact) mass is 325 g/mol. The van der Waals surface area contributed by atoms with E-state index >= 15 is 0 Å². The fourth-order valence-electron chi connectivity index (χ4n) is 2.04. The van der Waals surface area contributed by atoms with E-state index in [1.165, 1.54) is 7.11 Å². The molecular formula is C15H23N3O5. The first kappa shape index (κ1) is 18.7. The van der Waals surface area contributed by atoms with Gasteiger partial charge in [0.1, 0.15) is 24.9 Å². The van der Waals surface area contributed by atoms with Gasteiger partial charge in [0.2, 0.25) is 11.8 Å². The van der Waals surface area contributed by atoms with Gasteiger partial charge >= 0.3 is 11.5 Å². The van der Waals surface area contributed by atoms with Gasteiger partial charge in [0.15, 0.2) is 0 Å². The molecule has 0 aliphatic carbocycles. The molecule has 0 spiro atoms. The lowest BCUT2D eigenvalue weighted by Crippen LogP contribution is -2.34. The number of hydrogen-bond donors (Lipinski definition) is 1. The highest BCUT2D eigenvalue weighted by Gasteiger charge is 2.25. The van der Waals surface area contributed by atoms with Crippen LogP contribution in [0.15, 0.2) is 4.79 Å². The molecule has 2 N–H and O–H groups in total. The minimum Gasteiger partial charge on any atom is -0.414 e. The highest BCUT2D eigenvalue weighted by atomic mass is 16.7. The SMILES string of the molecule is CC[C@H](C)c1c(OC(=O)CC(N)=O)nc(C(C)C)c(=O)n1OC. The summed E-state index contributed by atoms with van der Waals surface area (Å²) in [4.78, 5) is 44.4. The van der Waals surface area contributed by atoms with Gasteiger partial charge in [-0.1, -0.05) is 27.7 Å². The Balaban J connectivity index is 3.51. The van der Waals surface area contributed by atoms with Gasteiger partial charge in [-0.15, -0.1) is 4.73 Å². The van der Waals surface area contributed by atoms with E-state index in [0.717, 1.165) is 4.73 Å². The number of primary amides is 1. The summed E-state index contributed by atoms with van der Waals surface area (Å²) in [7, 11) is 1.35. The van der Waals surface area contributed by atoms with E-state index in [1.807, 2.05) is 13.8 Å². The van der Waals surface area contributed by atoms with Gasteiger partial charge < -0.3 is 15.3 Å². The third-order valence-corrected chi connectivity index (χ3v) is 3.40. The molecule has 1 heterocycles. The predicted octanol–water partition coefficient (Wildman–Crippen LogP) is 0.719. The molecule has 8 heteroatoms. The third-order valence-electron chi connectivity index (χ3n) is 3.40. The number of esters is 1. The molecule has 1 amide bonds. The van der Waals surface area contributed by atoms with Crippen molar-refractivity contribution in [3.8, 4) is 5.88 Å². The molecule has 0 aromatic carbocycles. The van der Waals surface area contributed by atoms with Crippen LogP contribution in [0.5, 0.6) is 5.88 Å². The normalized spacial score (nSPS) is 12.1. The van der Waals surface area contributed by atoms with Gasteiger partial charge in [-0.05, 0) is 6.42 Å². The van der Waals surface area contributed by atoms with Crippen molar-refractivity contribution in [1.29, 1.82) is 0 Å². The van der Waals surface area contributed by atoms with Crippen LogP contribution < -0.4 is 20.9 Å². The zero-order valence-corrected chi connectivity index (χ0v) is 14.1. The van der Waals surface area contributed by atoms with E-state index in [4.69, 9.17) is 15.3 Å². The smallest absolute Gasteiger partial charge is 0.322 e. The standard InChI is InChI=1S/C15H23N3O5/c1-6-9(4)13-14(23-11(20)7-10(16)19)17-12(8(2)3)15(21)18(13)22-5/h8-9H,6-7H2,1-5H3,(H2,16,19)/t9-/m0/s1. The number of rotatable bonds is 7. The topological polar surface area (TPSA) is 114 Å². The molecule has 0 unspecified atom stereocenters. The van der Waals surface area contributed by atoms with Crippen molar-refractivity contribution in [3.05, 3.63) is 21.7 Å². The van der Waals surface area contributed by atoms with E-state index in [9.17, 15) is 14.4 Å². The van der Waals surface area contributed by atoms with Crippen molar-refractivity contribution in [1.82, 2.24) is 9.71 Å². The van der Waals surface area contributed by atoms with Crippen LogP contribution in [0.3, 0.4) is 0 Å². The summed E-state index contributed by atoms with van der Waals surface area (Å²) < 4.78 is 6.26. The largest absolute Gasteiger partial charge is 0.414 e. The average Bonchev–Trinajstić information content (AvgIpc) is 2.46. The summed E-state index contributed by atoms with van der Waals surface area (Å²) in [6, 6.07) is 0. The lowest BCUT2D eigenvalue weighted by Gasteiger charge is -2.20. The van der Waals surface area contributed by atoms with Crippen molar-refractivity contribution in [2.24, 2.45) is 5.73 Å². The number of ether oxygens (including phenoxy) is 1. The molecular weight excluding hydrogens is 302 g/mol. The van der Waals surface area contributed by atoms with Crippen LogP contribution in [0.2, 0.25) is 0 Å². The predicted molar refractivity (Wildman–Crippen MR) is 83.2 cm³/mol. The van der Waals surface area contributed by atoms with E-state index < -0.39 is 23.9 Å². The zero-order valence-electron chi connectivity index (χ0n) is 14.1. The van der Waals surface area contributed by atoms with Gasteiger partial charge in [-0.3, -0.25) is 14.4 Å².